The molecule has 0 radical (unpaired) electrons. The minimum atomic E-state index is -0.299. The second-order valence-electron chi connectivity index (χ2n) is 4.32. The SMILES string of the molecule is NC[C@H](N)c1ccc(N2CCNCC2)cc1O. The lowest BCUT2D eigenvalue weighted by atomic mass is 10.1. The monoisotopic (exact) mass is 236 g/mol. The normalized spacial score (nSPS) is 18.1. The molecule has 1 atom stereocenters. The lowest BCUT2D eigenvalue weighted by Crippen LogP contribution is -2.43. The molecule has 94 valence electrons. The Hall–Kier alpha value is -1.30. The summed E-state index contributed by atoms with van der Waals surface area (Å²) < 4.78 is 0. The Kier molecular flexibility index (Phi) is 3.83. The Morgan fingerprint density at radius 1 is 1.35 bits per heavy atom. The van der Waals surface area contributed by atoms with Gasteiger partial charge in [-0.15, -0.1) is 0 Å². The highest BCUT2D eigenvalue weighted by Gasteiger charge is 2.14. The minimum Gasteiger partial charge on any atom is -0.508 e. The molecule has 1 aromatic carbocycles. The predicted molar refractivity (Wildman–Crippen MR) is 69.2 cm³/mol. The summed E-state index contributed by atoms with van der Waals surface area (Å²) in [5, 5.41) is 13.2. The number of phenols is 1. The lowest BCUT2D eigenvalue weighted by Gasteiger charge is -2.30. The van der Waals surface area contributed by atoms with E-state index in [0.29, 0.717) is 12.1 Å². The van der Waals surface area contributed by atoms with E-state index in [1.54, 1.807) is 6.07 Å². The van der Waals surface area contributed by atoms with Crippen molar-refractivity contribution in [3.63, 3.8) is 0 Å². The molecular weight excluding hydrogens is 216 g/mol. The van der Waals surface area contributed by atoms with Gasteiger partial charge in [-0.2, -0.15) is 0 Å². The molecule has 0 unspecified atom stereocenters. The van der Waals surface area contributed by atoms with E-state index in [1.165, 1.54) is 0 Å². The lowest BCUT2D eigenvalue weighted by molar-refractivity contribution is 0.461. The summed E-state index contributed by atoms with van der Waals surface area (Å²) in [5.74, 6) is 0.235. The molecule has 1 heterocycles. The molecule has 2 rings (SSSR count). The average molecular weight is 236 g/mol. The first-order valence-corrected chi connectivity index (χ1v) is 5.96. The number of hydrogen-bond acceptors (Lipinski definition) is 5. The summed E-state index contributed by atoms with van der Waals surface area (Å²) in [6.45, 7) is 4.21. The number of anilines is 1. The predicted octanol–water partition coefficient (Wildman–Crippen LogP) is -0.240. The molecule has 0 saturated carbocycles. The van der Waals surface area contributed by atoms with E-state index in [1.807, 2.05) is 12.1 Å². The first-order valence-electron chi connectivity index (χ1n) is 5.96. The number of aromatic hydroxyl groups is 1. The number of piperazine rings is 1. The Labute approximate surface area is 101 Å². The van der Waals surface area contributed by atoms with Gasteiger partial charge < -0.3 is 26.8 Å². The molecule has 0 amide bonds. The zero-order valence-corrected chi connectivity index (χ0v) is 9.89. The van der Waals surface area contributed by atoms with Crippen LogP contribution in [0.25, 0.3) is 0 Å². The summed E-state index contributed by atoms with van der Waals surface area (Å²) in [5.41, 5.74) is 13.1. The van der Waals surface area contributed by atoms with Crippen molar-refractivity contribution < 1.29 is 5.11 Å². The highest BCUT2D eigenvalue weighted by Crippen LogP contribution is 2.28. The second-order valence-corrected chi connectivity index (χ2v) is 4.32. The van der Waals surface area contributed by atoms with E-state index in [0.717, 1.165) is 31.9 Å². The maximum Gasteiger partial charge on any atom is 0.122 e. The van der Waals surface area contributed by atoms with E-state index in [9.17, 15) is 5.11 Å². The topological polar surface area (TPSA) is 87.5 Å². The summed E-state index contributed by atoms with van der Waals surface area (Å²) >= 11 is 0. The fourth-order valence-electron chi connectivity index (χ4n) is 2.09. The van der Waals surface area contributed by atoms with Crippen LogP contribution in [0.2, 0.25) is 0 Å². The van der Waals surface area contributed by atoms with Gasteiger partial charge in [-0.1, -0.05) is 6.07 Å². The van der Waals surface area contributed by atoms with Crippen LogP contribution in [0.1, 0.15) is 11.6 Å². The molecule has 5 nitrogen and oxygen atoms in total. The van der Waals surface area contributed by atoms with Crippen LogP contribution in [0.5, 0.6) is 5.75 Å². The van der Waals surface area contributed by atoms with Gasteiger partial charge in [0.25, 0.3) is 0 Å². The highest BCUT2D eigenvalue weighted by atomic mass is 16.3. The zero-order chi connectivity index (χ0) is 12.3. The maximum atomic E-state index is 9.95. The van der Waals surface area contributed by atoms with Crippen LogP contribution in [-0.4, -0.2) is 37.8 Å². The van der Waals surface area contributed by atoms with Crippen molar-refractivity contribution in [2.45, 2.75) is 6.04 Å². The van der Waals surface area contributed by atoms with Gasteiger partial charge in [0, 0.05) is 56.1 Å². The number of nitrogens with zero attached hydrogens (tertiary/aromatic N) is 1. The van der Waals surface area contributed by atoms with Crippen molar-refractivity contribution in [2.75, 3.05) is 37.6 Å². The van der Waals surface area contributed by atoms with Crippen molar-refractivity contribution in [3.8, 4) is 5.75 Å². The Morgan fingerprint density at radius 2 is 2.06 bits per heavy atom. The van der Waals surface area contributed by atoms with Gasteiger partial charge >= 0.3 is 0 Å². The summed E-state index contributed by atoms with van der Waals surface area (Å²) in [6.07, 6.45) is 0. The van der Waals surface area contributed by atoms with Crippen LogP contribution >= 0.6 is 0 Å². The van der Waals surface area contributed by atoms with Crippen LogP contribution in [0.4, 0.5) is 5.69 Å². The minimum absolute atomic E-state index is 0.235. The summed E-state index contributed by atoms with van der Waals surface area (Å²) in [7, 11) is 0. The van der Waals surface area contributed by atoms with Crippen molar-refractivity contribution in [3.05, 3.63) is 23.8 Å². The Bertz CT molecular complexity index is 377. The average Bonchev–Trinajstić information content (AvgIpc) is 2.39. The summed E-state index contributed by atoms with van der Waals surface area (Å²) in [6, 6.07) is 5.34. The molecule has 0 bridgehead atoms. The molecule has 1 aliphatic heterocycles. The molecule has 1 aromatic rings. The zero-order valence-electron chi connectivity index (χ0n) is 9.89. The van der Waals surface area contributed by atoms with Crippen molar-refractivity contribution in [1.29, 1.82) is 0 Å². The number of nitrogens with two attached hydrogens (primary N) is 2. The van der Waals surface area contributed by atoms with Crippen molar-refractivity contribution in [1.82, 2.24) is 5.32 Å². The molecule has 5 heteroatoms. The van der Waals surface area contributed by atoms with Crippen molar-refractivity contribution >= 4 is 5.69 Å². The van der Waals surface area contributed by atoms with Crippen molar-refractivity contribution in [2.24, 2.45) is 11.5 Å². The van der Waals surface area contributed by atoms with Gasteiger partial charge in [-0.05, 0) is 6.07 Å². The maximum absolute atomic E-state index is 9.95. The van der Waals surface area contributed by atoms with Crippen LogP contribution in [0, 0.1) is 0 Å². The number of hydrogen-bond donors (Lipinski definition) is 4. The highest BCUT2D eigenvalue weighted by molar-refractivity contribution is 5.54. The molecule has 17 heavy (non-hydrogen) atoms. The largest absolute Gasteiger partial charge is 0.508 e. The van der Waals surface area contributed by atoms with Gasteiger partial charge in [0.1, 0.15) is 5.75 Å². The second kappa shape index (κ2) is 5.35. The van der Waals surface area contributed by atoms with Gasteiger partial charge in [-0.25, -0.2) is 0 Å². The Balaban J connectivity index is 2.17. The molecular formula is C12H20N4O. The van der Waals surface area contributed by atoms with E-state index >= 15 is 0 Å². The van der Waals surface area contributed by atoms with Gasteiger partial charge in [-0.3, -0.25) is 0 Å². The number of benzene rings is 1. The van der Waals surface area contributed by atoms with E-state index in [-0.39, 0.29) is 11.8 Å². The first kappa shape index (κ1) is 12.2. The molecule has 0 spiro atoms. The fourth-order valence-corrected chi connectivity index (χ4v) is 2.09. The molecule has 1 fully saturated rings. The van der Waals surface area contributed by atoms with E-state index < -0.39 is 0 Å². The van der Waals surface area contributed by atoms with Crippen LogP contribution in [-0.2, 0) is 0 Å². The quantitative estimate of drug-likeness (QED) is 0.582. The molecule has 0 aromatic heterocycles. The third kappa shape index (κ3) is 2.69. The standard InChI is InChI=1S/C12H20N4O/c13-8-11(14)10-2-1-9(7-12(10)17)16-5-3-15-4-6-16/h1-2,7,11,15,17H,3-6,8,13-14H2/t11-/m0/s1. The third-order valence-corrected chi connectivity index (χ3v) is 3.15. The first-order chi connectivity index (χ1) is 8.22. The third-order valence-electron chi connectivity index (χ3n) is 3.15. The number of rotatable bonds is 3. The van der Waals surface area contributed by atoms with E-state index in [4.69, 9.17) is 11.5 Å². The fraction of sp³-hybridized carbons (Fsp3) is 0.500. The number of nitrogens with one attached hydrogen (secondary N) is 1. The smallest absolute Gasteiger partial charge is 0.122 e. The van der Waals surface area contributed by atoms with Gasteiger partial charge in [0.2, 0.25) is 0 Å². The Morgan fingerprint density at radius 3 is 2.65 bits per heavy atom. The van der Waals surface area contributed by atoms with Crippen LogP contribution in [0.3, 0.4) is 0 Å². The molecule has 1 saturated heterocycles. The van der Waals surface area contributed by atoms with Gasteiger partial charge in [0.15, 0.2) is 0 Å². The summed E-state index contributed by atoms with van der Waals surface area (Å²) in [4.78, 5) is 2.24. The molecule has 0 aliphatic carbocycles. The van der Waals surface area contributed by atoms with Crippen LogP contribution in [0.15, 0.2) is 18.2 Å². The van der Waals surface area contributed by atoms with Crippen LogP contribution < -0.4 is 21.7 Å². The molecule has 6 N–H and O–H groups in total. The van der Waals surface area contributed by atoms with E-state index in [2.05, 4.69) is 10.2 Å². The van der Waals surface area contributed by atoms with Gasteiger partial charge in [0.05, 0.1) is 0 Å². The number of phenolic OH excluding ortho intramolecular Hbond substituents is 1. The molecule has 1 aliphatic rings.